The summed E-state index contributed by atoms with van der Waals surface area (Å²) in [6, 6.07) is 0. The van der Waals surface area contributed by atoms with Crippen molar-refractivity contribution in [2.24, 2.45) is 0 Å². The predicted molar refractivity (Wildman–Crippen MR) is 58.8 cm³/mol. The summed E-state index contributed by atoms with van der Waals surface area (Å²) in [7, 11) is 0. The molecule has 0 aliphatic carbocycles. The Morgan fingerprint density at radius 1 is 1.15 bits per heavy atom. The minimum absolute atomic E-state index is 0.406. The number of unbranched alkanes of at least 4 members (excludes halogenated alkanes) is 4. The Morgan fingerprint density at radius 2 is 1.85 bits per heavy atom. The number of hydrogen-bond acceptors (Lipinski definition) is 1. The molecule has 1 heteroatoms. The van der Waals surface area contributed by atoms with Crippen LogP contribution in [0.4, 0.5) is 0 Å². The Kier molecular flexibility index (Phi) is 10.0. The van der Waals surface area contributed by atoms with E-state index in [2.05, 4.69) is 20.8 Å². The van der Waals surface area contributed by atoms with Crippen molar-refractivity contribution in [3.63, 3.8) is 0 Å². The summed E-state index contributed by atoms with van der Waals surface area (Å²) in [6.07, 6.45) is 9.08. The summed E-state index contributed by atoms with van der Waals surface area (Å²) in [4.78, 5) is 0. The van der Waals surface area contributed by atoms with Gasteiger partial charge in [0.1, 0.15) is 0 Å². The molecule has 1 unspecified atom stereocenters. The molecule has 79 valence electrons. The molecule has 0 saturated carbocycles. The zero-order valence-electron chi connectivity index (χ0n) is 9.35. The van der Waals surface area contributed by atoms with E-state index in [1.807, 2.05) is 0 Å². The number of rotatable bonds is 9. The quantitative estimate of drug-likeness (QED) is 0.494. The molecule has 1 radical (unpaired) electrons. The van der Waals surface area contributed by atoms with Crippen LogP contribution in [0.1, 0.15) is 58.8 Å². The molecule has 0 aromatic heterocycles. The fraction of sp³-hybridized carbons (Fsp3) is 0.917. The predicted octanol–water partition coefficient (Wildman–Crippen LogP) is 3.98. The fourth-order valence-electron chi connectivity index (χ4n) is 1.36. The molecule has 1 atom stereocenters. The first kappa shape index (κ1) is 13.0. The van der Waals surface area contributed by atoms with E-state index in [1.54, 1.807) is 0 Å². The van der Waals surface area contributed by atoms with Gasteiger partial charge in [-0.3, -0.25) is 0 Å². The van der Waals surface area contributed by atoms with E-state index in [4.69, 9.17) is 4.74 Å². The van der Waals surface area contributed by atoms with Crippen LogP contribution in [0.15, 0.2) is 0 Å². The SMILES string of the molecule is [CH2]CCC(C)OCCCCCCC. The van der Waals surface area contributed by atoms with E-state index in [-0.39, 0.29) is 0 Å². The first-order chi connectivity index (χ1) is 6.31. The van der Waals surface area contributed by atoms with Crippen LogP contribution >= 0.6 is 0 Å². The van der Waals surface area contributed by atoms with E-state index in [9.17, 15) is 0 Å². The fourth-order valence-corrected chi connectivity index (χ4v) is 1.36. The Bertz CT molecular complexity index is 91.1. The molecule has 0 aliphatic heterocycles. The average Bonchev–Trinajstić information content (AvgIpc) is 2.11. The summed E-state index contributed by atoms with van der Waals surface area (Å²) in [5.41, 5.74) is 0. The monoisotopic (exact) mass is 185 g/mol. The third-order valence-corrected chi connectivity index (χ3v) is 2.26. The van der Waals surface area contributed by atoms with Crippen LogP contribution in [-0.4, -0.2) is 12.7 Å². The third kappa shape index (κ3) is 9.88. The molecular weight excluding hydrogens is 160 g/mol. The van der Waals surface area contributed by atoms with Gasteiger partial charge in [0.05, 0.1) is 6.10 Å². The van der Waals surface area contributed by atoms with E-state index >= 15 is 0 Å². The van der Waals surface area contributed by atoms with Crippen LogP contribution in [0.5, 0.6) is 0 Å². The second-order valence-electron chi connectivity index (χ2n) is 3.74. The number of hydrogen-bond donors (Lipinski definition) is 0. The first-order valence-corrected chi connectivity index (χ1v) is 5.72. The summed E-state index contributed by atoms with van der Waals surface area (Å²) in [5, 5.41) is 0. The highest BCUT2D eigenvalue weighted by Gasteiger charge is 1.98. The van der Waals surface area contributed by atoms with Crippen molar-refractivity contribution in [3.05, 3.63) is 6.92 Å². The lowest BCUT2D eigenvalue weighted by Gasteiger charge is -2.11. The minimum Gasteiger partial charge on any atom is -0.379 e. The van der Waals surface area contributed by atoms with E-state index in [0.29, 0.717) is 6.10 Å². The average molecular weight is 185 g/mol. The number of ether oxygens (including phenoxy) is 1. The van der Waals surface area contributed by atoms with Crippen LogP contribution in [0.25, 0.3) is 0 Å². The van der Waals surface area contributed by atoms with Crippen LogP contribution < -0.4 is 0 Å². The smallest absolute Gasteiger partial charge is 0.0547 e. The molecule has 1 nitrogen and oxygen atoms in total. The normalized spacial score (nSPS) is 13.2. The second kappa shape index (κ2) is 10.0. The first-order valence-electron chi connectivity index (χ1n) is 5.72. The molecule has 0 aromatic rings. The maximum Gasteiger partial charge on any atom is 0.0547 e. The van der Waals surface area contributed by atoms with E-state index < -0.39 is 0 Å². The third-order valence-electron chi connectivity index (χ3n) is 2.26. The molecule has 0 N–H and O–H groups in total. The van der Waals surface area contributed by atoms with Crippen LogP contribution in [0, 0.1) is 6.92 Å². The molecule has 0 heterocycles. The molecule has 0 aromatic carbocycles. The van der Waals surface area contributed by atoms with Gasteiger partial charge in [-0.2, -0.15) is 0 Å². The van der Waals surface area contributed by atoms with E-state index in [1.165, 1.54) is 32.1 Å². The van der Waals surface area contributed by atoms with Crippen molar-refractivity contribution in [3.8, 4) is 0 Å². The van der Waals surface area contributed by atoms with Gasteiger partial charge in [-0.1, -0.05) is 46.0 Å². The summed E-state index contributed by atoms with van der Waals surface area (Å²) >= 11 is 0. The summed E-state index contributed by atoms with van der Waals surface area (Å²) in [5.74, 6) is 0. The Hall–Kier alpha value is -0.0400. The van der Waals surface area contributed by atoms with Crippen molar-refractivity contribution in [1.82, 2.24) is 0 Å². The Balaban J connectivity index is 2.97. The highest BCUT2D eigenvalue weighted by molar-refractivity contribution is 4.51. The zero-order chi connectivity index (χ0) is 9.94. The van der Waals surface area contributed by atoms with Crippen molar-refractivity contribution in [1.29, 1.82) is 0 Å². The van der Waals surface area contributed by atoms with Gasteiger partial charge >= 0.3 is 0 Å². The van der Waals surface area contributed by atoms with Crippen molar-refractivity contribution in [2.75, 3.05) is 6.61 Å². The van der Waals surface area contributed by atoms with Crippen molar-refractivity contribution >= 4 is 0 Å². The van der Waals surface area contributed by atoms with Crippen molar-refractivity contribution in [2.45, 2.75) is 64.9 Å². The zero-order valence-corrected chi connectivity index (χ0v) is 9.35. The summed E-state index contributed by atoms with van der Waals surface area (Å²) in [6.45, 7) is 9.13. The largest absolute Gasteiger partial charge is 0.379 e. The Morgan fingerprint density at radius 3 is 2.46 bits per heavy atom. The lowest BCUT2D eigenvalue weighted by atomic mass is 10.2. The molecule has 0 spiro atoms. The highest BCUT2D eigenvalue weighted by Crippen LogP contribution is 2.05. The maximum atomic E-state index is 5.62. The molecule has 0 fully saturated rings. The van der Waals surface area contributed by atoms with Crippen LogP contribution in [0.3, 0.4) is 0 Å². The highest BCUT2D eigenvalue weighted by atomic mass is 16.5. The van der Waals surface area contributed by atoms with E-state index in [0.717, 1.165) is 19.4 Å². The lowest BCUT2D eigenvalue weighted by Crippen LogP contribution is -2.08. The Labute approximate surface area is 83.9 Å². The molecule has 0 aliphatic rings. The van der Waals surface area contributed by atoms with Gasteiger partial charge < -0.3 is 4.74 Å². The topological polar surface area (TPSA) is 9.23 Å². The van der Waals surface area contributed by atoms with Gasteiger partial charge in [0, 0.05) is 6.61 Å². The molecule has 0 rings (SSSR count). The lowest BCUT2D eigenvalue weighted by molar-refractivity contribution is 0.0581. The van der Waals surface area contributed by atoms with Gasteiger partial charge in [0.15, 0.2) is 0 Å². The van der Waals surface area contributed by atoms with Gasteiger partial charge in [-0.05, 0) is 19.8 Å². The van der Waals surface area contributed by atoms with Crippen molar-refractivity contribution < 1.29 is 4.74 Å². The molecule has 13 heavy (non-hydrogen) atoms. The standard InChI is InChI=1S/C12H25O/c1-4-6-7-8-9-11-13-12(3)10-5-2/h12H,2,4-11H2,1,3H3. The van der Waals surface area contributed by atoms with Gasteiger partial charge in [0.2, 0.25) is 0 Å². The second-order valence-corrected chi connectivity index (χ2v) is 3.74. The maximum absolute atomic E-state index is 5.62. The molecule has 0 bridgehead atoms. The van der Waals surface area contributed by atoms with Crippen LogP contribution in [0.2, 0.25) is 0 Å². The van der Waals surface area contributed by atoms with Gasteiger partial charge in [-0.25, -0.2) is 0 Å². The molecule has 0 saturated heterocycles. The molecule has 0 amide bonds. The van der Waals surface area contributed by atoms with Crippen LogP contribution in [-0.2, 0) is 4.74 Å². The minimum atomic E-state index is 0.406. The van der Waals surface area contributed by atoms with Gasteiger partial charge in [-0.15, -0.1) is 0 Å². The molecular formula is C12H25O. The summed E-state index contributed by atoms with van der Waals surface area (Å²) < 4.78 is 5.62. The van der Waals surface area contributed by atoms with Gasteiger partial charge in [0.25, 0.3) is 0 Å².